The molecule has 0 radical (unpaired) electrons. The number of benzene rings is 1. The predicted molar refractivity (Wildman–Crippen MR) is 74.9 cm³/mol. The number of carbonyl (C=O) groups is 1. The second-order valence-electron chi connectivity index (χ2n) is 4.72. The highest BCUT2D eigenvalue weighted by Gasteiger charge is 2.09. The Balaban J connectivity index is 2.26. The molecule has 100 valence electrons. The van der Waals surface area contributed by atoms with Gasteiger partial charge in [0.05, 0.1) is 0 Å². The third kappa shape index (κ3) is 5.46. The lowest BCUT2D eigenvalue weighted by atomic mass is 10.0. The van der Waals surface area contributed by atoms with Gasteiger partial charge in [-0.2, -0.15) is 0 Å². The van der Waals surface area contributed by atoms with Crippen LogP contribution in [0.5, 0.6) is 0 Å². The third-order valence-electron chi connectivity index (χ3n) is 3.23. The second-order valence-corrected chi connectivity index (χ2v) is 4.72. The molecule has 1 aromatic rings. The summed E-state index contributed by atoms with van der Waals surface area (Å²) in [5.74, 6) is 0.662. The summed E-state index contributed by atoms with van der Waals surface area (Å²) in [6.07, 6.45) is 4.79. The molecule has 2 nitrogen and oxygen atoms in total. The number of unbranched alkanes of at least 4 members (excludes halogenated alkanes) is 1. The lowest BCUT2D eigenvalue weighted by Gasteiger charge is -2.14. The van der Waals surface area contributed by atoms with Crippen molar-refractivity contribution in [2.45, 2.75) is 39.5 Å². The Morgan fingerprint density at radius 1 is 1.22 bits per heavy atom. The minimum absolute atomic E-state index is 0.0703. The molecule has 0 unspecified atom stereocenters. The van der Waals surface area contributed by atoms with Crippen molar-refractivity contribution < 1.29 is 9.53 Å². The Hall–Kier alpha value is -1.15. The van der Waals surface area contributed by atoms with E-state index in [2.05, 4.69) is 13.8 Å². The fraction of sp³-hybridized carbons (Fsp3) is 0.562. The summed E-state index contributed by atoms with van der Waals surface area (Å²) < 4.78 is 5.55. The largest absolute Gasteiger partial charge is 0.373 e. The van der Waals surface area contributed by atoms with E-state index in [0.717, 1.165) is 12.0 Å². The highest BCUT2D eigenvalue weighted by atomic mass is 16.5. The first-order valence-corrected chi connectivity index (χ1v) is 6.93. The zero-order valence-corrected chi connectivity index (χ0v) is 11.5. The molecule has 1 rings (SSSR count). The molecule has 0 aliphatic carbocycles. The van der Waals surface area contributed by atoms with Crippen LogP contribution in [-0.2, 0) is 4.74 Å². The van der Waals surface area contributed by atoms with Gasteiger partial charge in [0.2, 0.25) is 0 Å². The molecule has 0 aliphatic rings. The molecule has 0 saturated heterocycles. The van der Waals surface area contributed by atoms with Crippen LogP contribution in [-0.4, -0.2) is 19.0 Å². The zero-order chi connectivity index (χ0) is 13.2. The van der Waals surface area contributed by atoms with Crippen LogP contribution >= 0.6 is 0 Å². The number of ether oxygens (including phenoxy) is 1. The fourth-order valence-corrected chi connectivity index (χ4v) is 1.92. The number of Topliss-reactive ketones (excluding diaryl/α,β-unsaturated/α-hetero) is 1. The fourth-order valence-electron chi connectivity index (χ4n) is 1.92. The highest BCUT2D eigenvalue weighted by molar-refractivity contribution is 5.96. The lowest BCUT2D eigenvalue weighted by molar-refractivity contribution is 0.0658. The molecular weight excluding hydrogens is 224 g/mol. The second kappa shape index (κ2) is 8.87. The van der Waals surface area contributed by atoms with Gasteiger partial charge >= 0.3 is 0 Å². The smallest absolute Gasteiger partial charge is 0.188 e. The molecule has 0 aromatic heterocycles. The van der Waals surface area contributed by atoms with E-state index in [4.69, 9.17) is 4.74 Å². The molecular formula is C16H24O2. The molecule has 0 fully saturated rings. The summed E-state index contributed by atoms with van der Waals surface area (Å²) in [6, 6.07) is 9.34. The third-order valence-corrected chi connectivity index (χ3v) is 3.23. The van der Waals surface area contributed by atoms with Crippen LogP contribution < -0.4 is 0 Å². The predicted octanol–water partition coefficient (Wildman–Crippen LogP) is 4.10. The quantitative estimate of drug-likeness (QED) is 0.615. The van der Waals surface area contributed by atoms with Crippen molar-refractivity contribution in [2.75, 3.05) is 13.2 Å². The SMILES string of the molecule is CCCC[C@@H](CC)COCC(=O)c1ccccc1. The van der Waals surface area contributed by atoms with Gasteiger partial charge in [0.25, 0.3) is 0 Å². The van der Waals surface area contributed by atoms with Crippen LogP contribution in [0.4, 0.5) is 0 Å². The van der Waals surface area contributed by atoms with Crippen LogP contribution in [0.25, 0.3) is 0 Å². The number of hydrogen-bond donors (Lipinski definition) is 0. The number of carbonyl (C=O) groups excluding carboxylic acids is 1. The number of hydrogen-bond acceptors (Lipinski definition) is 2. The summed E-state index contributed by atoms with van der Waals surface area (Å²) in [6.45, 7) is 5.29. The molecule has 0 bridgehead atoms. The Labute approximate surface area is 110 Å². The van der Waals surface area contributed by atoms with Crippen LogP contribution in [0.15, 0.2) is 30.3 Å². The van der Waals surface area contributed by atoms with Crippen molar-refractivity contribution in [3.05, 3.63) is 35.9 Å². The standard InChI is InChI=1S/C16H24O2/c1-3-5-9-14(4-2)12-18-13-16(17)15-10-7-6-8-11-15/h6-8,10-11,14H,3-5,9,12-13H2,1-2H3/t14-/m1/s1. The van der Waals surface area contributed by atoms with Gasteiger partial charge in [-0.1, -0.05) is 63.4 Å². The van der Waals surface area contributed by atoms with E-state index in [1.54, 1.807) is 0 Å². The normalized spacial score (nSPS) is 12.3. The van der Waals surface area contributed by atoms with Crippen molar-refractivity contribution in [3.8, 4) is 0 Å². The van der Waals surface area contributed by atoms with Gasteiger partial charge in [-0.05, 0) is 12.3 Å². The van der Waals surface area contributed by atoms with Crippen LogP contribution in [0.3, 0.4) is 0 Å². The average molecular weight is 248 g/mol. The van der Waals surface area contributed by atoms with Crippen LogP contribution in [0.1, 0.15) is 49.9 Å². The molecule has 1 aromatic carbocycles. The van der Waals surface area contributed by atoms with E-state index >= 15 is 0 Å². The van der Waals surface area contributed by atoms with Crippen molar-refractivity contribution in [3.63, 3.8) is 0 Å². The molecule has 2 heteroatoms. The first-order chi connectivity index (χ1) is 8.77. The Bertz CT molecular complexity index is 332. The van der Waals surface area contributed by atoms with Gasteiger partial charge < -0.3 is 4.74 Å². The van der Waals surface area contributed by atoms with E-state index in [1.807, 2.05) is 30.3 Å². The lowest BCUT2D eigenvalue weighted by Crippen LogP contribution is -2.14. The maximum absolute atomic E-state index is 11.8. The topological polar surface area (TPSA) is 26.3 Å². The molecule has 1 atom stereocenters. The molecule has 0 amide bonds. The highest BCUT2D eigenvalue weighted by Crippen LogP contribution is 2.13. The minimum Gasteiger partial charge on any atom is -0.373 e. The van der Waals surface area contributed by atoms with Gasteiger partial charge in [0.1, 0.15) is 6.61 Å². The van der Waals surface area contributed by atoms with Crippen molar-refractivity contribution in [1.82, 2.24) is 0 Å². The van der Waals surface area contributed by atoms with Gasteiger partial charge in [0.15, 0.2) is 5.78 Å². The Kier molecular flexibility index (Phi) is 7.35. The van der Waals surface area contributed by atoms with E-state index in [1.165, 1.54) is 19.3 Å². The molecule has 0 spiro atoms. The Morgan fingerprint density at radius 3 is 2.56 bits per heavy atom. The van der Waals surface area contributed by atoms with Crippen molar-refractivity contribution in [1.29, 1.82) is 0 Å². The van der Waals surface area contributed by atoms with Crippen LogP contribution in [0, 0.1) is 5.92 Å². The van der Waals surface area contributed by atoms with Gasteiger partial charge in [-0.15, -0.1) is 0 Å². The Morgan fingerprint density at radius 2 is 1.94 bits per heavy atom. The van der Waals surface area contributed by atoms with Crippen molar-refractivity contribution >= 4 is 5.78 Å². The first-order valence-electron chi connectivity index (χ1n) is 6.93. The van der Waals surface area contributed by atoms with Crippen LogP contribution in [0.2, 0.25) is 0 Å². The molecule has 0 heterocycles. The molecule has 0 aliphatic heterocycles. The van der Waals surface area contributed by atoms with Gasteiger partial charge in [0, 0.05) is 12.2 Å². The summed E-state index contributed by atoms with van der Waals surface area (Å²) >= 11 is 0. The summed E-state index contributed by atoms with van der Waals surface area (Å²) in [5.41, 5.74) is 0.735. The van der Waals surface area contributed by atoms with Gasteiger partial charge in [-0.3, -0.25) is 4.79 Å². The number of ketones is 1. The summed E-state index contributed by atoms with van der Waals surface area (Å²) in [5, 5.41) is 0. The van der Waals surface area contributed by atoms with E-state index < -0.39 is 0 Å². The first kappa shape index (κ1) is 14.9. The minimum atomic E-state index is 0.0703. The van der Waals surface area contributed by atoms with Crippen molar-refractivity contribution in [2.24, 2.45) is 5.92 Å². The monoisotopic (exact) mass is 248 g/mol. The maximum Gasteiger partial charge on any atom is 0.188 e. The summed E-state index contributed by atoms with van der Waals surface area (Å²) in [7, 11) is 0. The maximum atomic E-state index is 11.8. The summed E-state index contributed by atoms with van der Waals surface area (Å²) in [4.78, 5) is 11.8. The van der Waals surface area contributed by atoms with Gasteiger partial charge in [-0.25, -0.2) is 0 Å². The van der Waals surface area contributed by atoms with E-state index in [9.17, 15) is 4.79 Å². The molecule has 18 heavy (non-hydrogen) atoms. The van der Waals surface area contributed by atoms with E-state index in [0.29, 0.717) is 12.5 Å². The van der Waals surface area contributed by atoms with E-state index in [-0.39, 0.29) is 12.4 Å². The zero-order valence-electron chi connectivity index (χ0n) is 11.5. The molecule has 0 saturated carbocycles. The average Bonchev–Trinajstić information content (AvgIpc) is 2.43. The molecule has 0 N–H and O–H groups in total. The number of rotatable bonds is 9.